The molecule has 0 heterocycles. The van der Waals surface area contributed by atoms with E-state index in [0.717, 1.165) is 13.0 Å². The number of hydrogen-bond donors (Lipinski definition) is 2. The third kappa shape index (κ3) is 4.66. The third-order valence-corrected chi connectivity index (χ3v) is 3.96. The Balaban J connectivity index is 2.55. The third-order valence-electron chi connectivity index (χ3n) is 2.53. The monoisotopic (exact) mass is 257 g/mol. The lowest BCUT2D eigenvalue weighted by Gasteiger charge is -2.28. The summed E-state index contributed by atoms with van der Waals surface area (Å²) in [4.78, 5) is 0.630. The highest BCUT2D eigenvalue weighted by molar-refractivity contribution is 7.99. The summed E-state index contributed by atoms with van der Waals surface area (Å²) in [5.41, 5.74) is -0.358. The first-order valence-electron chi connectivity index (χ1n) is 5.84. The minimum Gasteiger partial charge on any atom is -0.394 e. The summed E-state index contributed by atoms with van der Waals surface area (Å²) in [6, 6.07) is 6.72. The van der Waals surface area contributed by atoms with E-state index in [1.807, 2.05) is 13.0 Å². The van der Waals surface area contributed by atoms with Gasteiger partial charge in [-0.1, -0.05) is 19.1 Å². The van der Waals surface area contributed by atoms with E-state index in [4.69, 9.17) is 0 Å². The van der Waals surface area contributed by atoms with Crippen LogP contribution < -0.4 is 5.32 Å². The molecule has 96 valence electrons. The molecule has 4 heteroatoms. The summed E-state index contributed by atoms with van der Waals surface area (Å²) < 4.78 is 13.4. The maximum Gasteiger partial charge on any atom is 0.136 e. The van der Waals surface area contributed by atoms with E-state index in [1.54, 1.807) is 12.1 Å². The fourth-order valence-corrected chi connectivity index (χ4v) is 2.43. The van der Waals surface area contributed by atoms with Crippen LogP contribution in [-0.4, -0.2) is 29.5 Å². The normalized spacial score (nSPS) is 14.6. The van der Waals surface area contributed by atoms with E-state index in [2.05, 4.69) is 12.2 Å². The minimum atomic E-state index is -0.358. The van der Waals surface area contributed by atoms with E-state index in [0.29, 0.717) is 10.6 Å². The van der Waals surface area contributed by atoms with Crippen molar-refractivity contribution in [3.05, 3.63) is 30.1 Å². The molecule has 1 aromatic rings. The predicted molar refractivity (Wildman–Crippen MR) is 70.9 cm³/mol. The quantitative estimate of drug-likeness (QED) is 0.737. The molecule has 2 nitrogen and oxygen atoms in total. The van der Waals surface area contributed by atoms with Gasteiger partial charge in [0.2, 0.25) is 0 Å². The smallest absolute Gasteiger partial charge is 0.136 e. The molecule has 1 rings (SSSR count). The van der Waals surface area contributed by atoms with E-state index >= 15 is 0 Å². The van der Waals surface area contributed by atoms with Gasteiger partial charge in [0, 0.05) is 16.2 Å². The molecule has 0 saturated heterocycles. The van der Waals surface area contributed by atoms with Gasteiger partial charge in [-0.15, -0.1) is 11.8 Å². The molecule has 0 aliphatic carbocycles. The van der Waals surface area contributed by atoms with Gasteiger partial charge in [0.25, 0.3) is 0 Å². The Morgan fingerprint density at radius 1 is 1.41 bits per heavy atom. The Morgan fingerprint density at radius 3 is 2.71 bits per heavy atom. The molecule has 0 aliphatic rings. The summed E-state index contributed by atoms with van der Waals surface area (Å²) in [6.07, 6.45) is 1.01. The molecule has 1 aromatic carbocycles. The van der Waals surface area contributed by atoms with Crippen molar-refractivity contribution in [1.82, 2.24) is 5.32 Å². The zero-order valence-corrected chi connectivity index (χ0v) is 11.2. The fraction of sp³-hybridized carbons (Fsp3) is 0.538. The van der Waals surface area contributed by atoms with E-state index in [-0.39, 0.29) is 18.0 Å². The molecule has 0 radical (unpaired) electrons. The van der Waals surface area contributed by atoms with Crippen LogP contribution >= 0.6 is 11.8 Å². The average Bonchev–Trinajstić information content (AvgIpc) is 2.35. The Hall–Kier alpha value is -0.580. The van der Waals surface area contributed by atoms with E-state index in [1.165, 1.54) is 17.8 Å². The van der Waals surface area contributed by atoms with E-state index in [9.17, 15) is 9.50 Å². The van der Waals surface area contributed by atoms with Gasteiger partial charge < -0.3 is 10.4 Å². The lowest BCUT2D eigenvalue weighted by molar-refractivity contribution is 0.192. The van der Waals surface area contributed by atoms with Gasteiger partial charge in [0.15, 0.2) is 0 Å². The first-order valence-corrected chi connectivity index (χ1v) is 6.83. The Kier molecular flexibility index (Phi) is 5.95. The van der Waals surface area contributed by atoms with Crippen molar-refractivity contribution >= 4 is 11.8 Å². The number of thioether (sulfide) groups is 1. The standard InChI is InChI=1S/C13H20FNOS/c1-3-8-15-13(2,9-16)10-17-12-7-5-4-6-11(12)14/h4-7,15-16H,3,8-10H2,1-2H3. The number of benzene rings is 1. The van der Waals surface area contributed by atoms with Crippen LogP contribution in [0, 0.1) is 5.82 Å². The summed E-state index contributed by atoms with van der Waals surface area (Å²) in [6.45, 7) is 4.94. The molecule has 0 aliphatic heterocycles. The zero-order valence-electron chi connectivity index (χ0n) is 10.4. The second-order valence-electron chi connectivity index (χ2n) is 4.36. The molecule has 1 unspecified atom stereocenters. The van der Waals surface area contributed by atoms with Gasteiger partial charge >= 0.3 is 0 Å². The number of aliphatic hydroxyl groups is 1. The van der Waals surface area contributed by atoms with Crippen LogP contribution in [0.5, 0.6) is 0 Å². The van der Waals surface area contributed by atoms with Crippen molar-refractivity contribution in [3.63, 3.8) is 0 Å². The van der Waals surface area contributed by atoms with Gasteiger partial charge in [0.05, 0.1) is 6.61 Å². The van der Waals surface area contributed by atoms with Gasteiger partial charge in [-0.3, -0.25) is 0 Å². The zero-order chi connectivity index (χ0) is 12.7. The van der Waals surface area contributed by atoms with Crippen LogP contribution in [-0.2, 0) is 0 Å². The van der Waals surface area contributed by atoms with Crippen LogP contribution in [0.3, 0.4) is 0 Å². The van der Waals surface area contributed by atoms with Gasteiger partial charge in [-0.05, 0) is 32.0 Å². The lowest BCUT2D eigenvalue weighted by atomic mass is 10.1. The van der Waals surface area contributed by atoms with Crippen molar-refractivity contribution in [1.29, 1.82) is 0 Å². The number of halogens is 1. The maximum absolute atomic E-state index is 13.4. The predicted octanol–water partition coefficient (Wildman–Crippen LogP) is 2.67. The van der Waals surface area contributed by atoms with Gasteiger partial charge in [-0.2, -0.15) is 0 Å². The van der Waals surface area contributed by atoms with Crippen molar-refractivity contribution < 1.29 is 9.50 Å². The number of hydrogen-bond acceptors (Lipinski definition) is 3. The Bertz CT molecular complexity index is 348. The molecule has 0 bridgehead atoms. The highest BCUT2D eigenvalue weighted by Crippen LogP contribution is 2.24. The van der Waals surface area contributed by atoms with Gasteiger partial charge in [-0.25, -0.2) is 4.39 Å². The summed E-state index contributed by atoms with van der Waals surface area (Å²) >= 11 is 1.43. The molecule has 0 fully saturated rings. The van der Waals surface area contributed by atoms with Crippen molar-refractivity contribution in [2.75, 3.05) is 18.9 Å². The van der Waals surface area contributed by atoms with Crippen LogP contribution in [0.25, 0.3) is 0 Å². The largest absolute Gasteiger partial charge is 0.394 e. The Labute approximate surface area is 107 Å². The topological polar surface area (TPSA) is 32.3 Å². The molecule has 17 heavy (non-hydrogen) atoms. The second-order valence-corrected chi connectivity index (χ2v) is 5.38. The summed E-state index contributed by atoms with van der Waals surface area (Å²) in [5, 5.41) is 12.7. The second kappa shape index (κ2) is 6.99. The molecule has 2 N–H and O–H groups in total. The van der Waals surface area contributed by atoms with Crippen molar-refractivity contribution in [2.45, 2.75) is 30.7 Å². The molecular formula is C13H20FNOS. The summed E-state index contributed by atoms with van der Waals surface area (Å²) in [7, 11) is 0. The number of aliphatic hydroxyl groups excluding tert-OH is 1. The summed E-state index contributed by atoms with van der Waals surface area (Å²) in [5.74, 6) is 0.443. The van der Waals surface area contributed by atoms with Gasteiger partial charge in [0.1, 0.15) is 5.82 Å². The molecule has 0 saturated carbocycles. The number of rotatable bonds is 7. The molecule has 0 spiro atoms. The van der Waals surface area contributed by atoms with Crippen molar-refractivity contribution in [2.24, 2.45) is 0 Å². The lowest BCUT2D eigenvalue weighted by Crippen LogP contribution is -2.48. The van der Waals surface area contributed by atoms with Crippen LogP contribution in [0.15, 0.2) is 29.2 Å². The number of nitrogens with one attached hydrogen (secondary N) is 1. The van der Waals surface area contributed by atoms with Crippen molar-refractivity contribution in [3.8, 4) is 0 Å². The SMILES string of the molecule is CCCNC(C)(CO)CSc1ccccc1F. The van der Waals surface area contributed by atoms with Crippen LogP contribution in [0.4, 0.5) is 4.39 Å². The highest BCUT2D eigenvalue weighted by Gasteiger charge is 2.22. The minimum absolute atomic E-state index is 0.0501. The molecule has 0 amide bonds. The van der Waals surface area contributed by atoms with Crippen LogP contribution in [0.2, 0.25) is 0 Å². The highest BCUT2D eigenvalue weighted by atomic mass is 32.2. The molecule has 1 atom stereocenters. The average molecular weight is 257 g/mol. The fourth-order valence-electron chi connectivity index (χ4n) is 1.38. The maximum atomic E-state index is 13.4. The first kappa shape index (κ1) is 14.5. The first-order chi connectivity index (χ1) is 8.11. The van der Waals surface area contributed by atoms with Crippen LogP contribution in [0.1, 0.15) is 20.3 Å². The van der Waals surface area contributed by atoms with E-state index < -0.39 is 0 Å². The molecular weight excluding hydrogens is 237 g/mol. The molecule has 0 aromatic heterocycles. The Morgan fingerprint density at radius 2 is 2.12 bits per heavy atom.